The number of carbonyl (C=O) groups excluding carboxylic acids is 1. The molecule has 1 heterocycles. The van der Waals surface area contributed by atoms with Crippen LogP contribution in [0.2, 0.25) is 0 Å². The molecule has 1 aromatic rings. The number of aromatic nitrogens is 2. The Morgan fingerprint density at radius 3 is 2.37 bits per heavy atom. The summed E-state index contributed by atoms with van der Waals surface area (Å²) in [6, 6.07) is -0.585. The molecule has 0 aromatic carbocycles. The van der Waals surface area contributed by atoms with Gasteiger partial charge < -0.3 is 15.2 Å². The molecule has 1 aromatic heterocycles. The van der Waals surface area contributed by atoms with Crippen LogP contribution in [0.5, 0.6) is 11.9 Å². The van der Waals surface area contributed by atoms with Crippen LogP contribution in [-0.2, 0) is 0 Å². The minimum Gasteiger partial charge on any atom is -0.473 e. The highest BCUT2D eigenvalue weighted by Crippen LogP contribution is 2.29. The smallest absolute Gasteiger partial charge is 0.329 e. The summed E-state index contributed by atoms with van der Waals surface area (Å²) in [5.41, 5.74) is 5.42. The molecule has 0 aliphatic rings. The second-order valence-corrected chi connectivity index (χ2v) is 4.73. The zero-order valence-electron chi connectivity index (χ0n) is 11.3. The molecule has 0 unspecified atom stereocenters. The second kappa shape index (κ2) is 6.46. The van der Waals surface area contributed by atoms with Gasteiger partial charge in [0.1, 0.15) is 5.69 Å². The first kappa shape index (κ1) is 15.4. The first-order valence-electron chi connectivity index (χ1n) is 5.80. The van der Waals surface area contributed by atoms with E-state index in [9.17, 15) is 4.79 Å². The quantitative estimate of drug-likeness (QED) is 0.805. The predicted molar refractivity (Wildman–Crippen MR) is 74.6 cm³/mol. The lowest BCUT2D eigenvalue weighted by molar-refractivity contribution is 0.204. The van der Waals surface area contributed by atoms with Gasteiger partial charge in [-0.25, -0.2) is 14.1 Å². The van der Waals surface area contributed by atoms with E-state index in [4.69, 9.17) is 15.2 Å². The minimum atomic E-state index is -0.752. The van der Waals surface area contributed by atoms with E-state index < -0.39 is 6.03 Å². The molecule has 8 heteroatoms. The Labute approximate surface area is 117 Å². The molecule has 0 aliphatic carbocycles. The maximum absolute atomic E-state index is 11.1. The Morgan fingerprint density at radius 1 is 1.32 bits per heavy atom. The monoisotopic (exact) mass is 286 g/mol. The Morgan fingerprint density at radius 2 is 1.89 bits per heavy atom. The van der Waals surface area contributed by atoms with Gasteiger partial charge in [0.2, 0.25) is 5.88 Å². The summed E-state index contributed by atoms with van der Waals surface area (Å²) in [7, 11) is 0. The molecule has 0 saturated carbocycles. The van der Waals surface area contributed by atoms with Gasteiger partial charge in [-0.2, -0.15) is 4.98 Å². The van der Waals surface area contributed by atoms with Crippen LogP contribution in [0.4, 0.5) is 10.5 Å². The summed E-state index contributed by atoms with van der Waals surface area (Å²) in [6.07, 6.45) is 1.18. The number of amides is 2. The fourth-order valence-electron chi connectivity index (χ4n) is 1.19. The van der Waals surface area contributed by atoms with Crippen LogP contribution < -0.4 is 19.5 Å². The van der Waals surface area contributed by atoms with E-state index in [2.05, 4.69) is 22.8 Å². The zero-order valence-corrected chi connectivity index (χ0v) is 12.2. The molecular formula is C11H18N4O3S. The average molecular weight is 286 g/mol. The number of anilines is 1. The molecule has 2 amide bonds. The molecule has 2 N–H and O–H groups in total. The molecular weight excluding hydrogens is 268 g/mol. The molecule has 0 aliphatic heterocycles. The fourth-order valence-corrected chi connectivity index (χ4v) is 1.32. The highest BCUT2D eigenvalue weighted by molar-refractivity contribution is 7.82. The van der Waals surface area contributed by atoms with Gasteiger partial charge in [0.05, 0.1) is 18.4 Å². The normalized spacial score (nSPS) is 10.7. The largest absolute Gasteiger partial charge is 0.473 e. The van der Waals surface area contributed by atoms with Crippen molar-refractivity contribution in [1.82, 2.24) is 9.97 Å². The van der Waals surface area contributed by atoms with Gasteiger partial charge in [-0.05, 0) is 27.7 Å². The van der Waals surface area contributed by atoms with Gasteiger partial charge in [0, 0.05) is 0 Å². The highest BCUT2D eigenvalue weighted by Gasteiger charge is 2.19. The van der Waals surface area contributed by atoms with E-state index in [0.717, 1.165) is 4.31 Å². The molecule has 0 atom stereocenters. The van der Waals surface area contributed by atoms with Crippen LogP contribution in [-0.4, -0.2) is 28.2 Å². The van der Waals surface area contributed by atoms with Crippen molar-refractivity contribution in [3.63, 3.8) is 0 Å². The number of nitrogens with two attached hydrogens (primary N) is 1. The third-order valence-electron chi connectivity index (χ3n) is 1.84. The molecule has 0 bridgehead atoms. The van der Waals surface area contributed by atoms with Crippen LogP contribution in [0.15, 0.2) is 6.20 Å². The molecule has 0 spiro atoms. The van der Waals surface area contributed by atoms with Crippen molar-refractivity contribution in [2.24, 2.45) is 5.73 Å². The Hall–Kier alpha value is -1.70. The van der Waals surface area contributed by atoms with E-state index in [1.54, 1.807) is 0 Å². The number of ether oxygens (including phenoxy) is 2. The summed E-state index contributed by atoms with van der Waals surface area (Å²) in [5.74, 6) is 0.189. The van der Waals surface area contributed by atoms with Gasteiger partial charge in [-0.3, -0.25) is 0 Å². The van der Waals surface area contributed by atoms with Gasteiger partial charge >= 0.3 is 12.0 Å². The number of primary amides is 1. The van der Waals surface area contributed by atoms with Crippen LogP contribution in [0.25, 0.3) is 0 Å². The van der Waals surface area contributed by atoms with Crippen LogP contribution in [0.1, 0.15) is 27.7 Å². The maximum atomic E-state index is 11.1. The molecule has 106 valence electrons. The van der Waals surface area contributed by atoms with E-state index in [1.165, 1.54) is 6.20 Å². The third kappa shape index (κ3) is 4.47. The zero-order chi connectivity index (χ0) is 14.6. The predicted octanol–water partition coefficient (Wildman–Crippen LogP) is 1.78. The van der Waals surface area contributed by atoms with Crippen molar-refractivity contribution in [1.29, 1.82) is 0 Å². The van der Waals surface area contributed by atoms with Gasteiger partial charge in [-0.15, -0.1) is 0 Å². The lowest BCUT2D eigenvalue weighted by atomic mass is 10.4. The van der Waals surface area contributed by atoms with Crippen molar-refractivity contribution in [3.05, 3.63) is 6.20 Å². The summed E-state index contributed by atoms with van der Waals surface area (Å²) in [4.78, 5) is 19.2. The van der Waals surface area contributed by atoms with Crippen molar-refractivity contribution < 1.29 is 14.3 Å². The number of urea groups is 1. The lowest BCUT2D eigenvalue weighted by Gasteiger charge is -2.18. The van der Waals surface area contributed by atoms with Gasteiger partial charge in [-0.1, -0.05) is 12.8 Å². The van der Waals surface area contributed by atoms with Crippen LogP contribution in [0.3, 0.4) is 0 Å². The summed E-state index contributed by atoms with van der Waals surface area (Å²) < 4.78 is 11.8. The Balaban J connectivity index is 3.12. The average Bonchev–Trinajstić information content (AvgIpc) is 2.26. The molecule has 1 rings (SSSR count). The number of hydrogen-bond acceptors (Lipinski definition) is 6. The van der Waals surface area contributed by atoms with Crippen molar-refractivity contribution in [2.75, 3.05) is 4.31 Å². The number of hydrogen-bond donors (Lipinski definition) is 2. The summed E-state index contributed by atoms with van der Waals surface area (Å²) in [6.45, 7) is 7.38. The highest BCUT2D eigenvalue weighted by atomic mass is 32.1. The van der Waals surface area contributed by atoms with E-state index in [1.807, 2.05) is 27.7 Å². The second-order valence-electron chi connectivity index (χ2n) is 4.33. The minimum absolute atomic E-state index is 0.0685. The van der Waals surface area contributed by atoms with Crippen molar-refractivity contribution >= 4 is 24.5 Å². The first-order chi connectivity index (χ1) is 8.81. The maximum Gasteiger partial charge on any atom is 0.329 e. The Kier molecular flexibility index (Phi) is 5.22. The summed E-state index contributed by atoms with van der Waals surface area (Å²) >= 11 is 3.97. The SMILES string of the molecule is CC(C)Oc1ncc(N(S)C(N)=O)c(OC(C)C)n1. The van der Waals surface area contributed by atoms with Crippen LogP contribution >= 0.6 is 12.8 Å². The van der Waals surface area contributed by atoms with E-state index in [-0.39, 0.29) is 29.8 Å². The molecule has 0 fully saturated rings. The lowest BCUT2D eigenvalue weighted by Crippen LogP contribution is -2.28. The third-order valence-corrected chi connectivity index (χ3v) is 2.25. The van der Waals surface area contributed by atoms with Gasteiger partial charge in [0.15, 0.2) is 0 Å². The number of carbonyl (C=O) groups is 1. The van der Waals surface area contributed by atoms with Crippen molar-refractivity contribution in [2.45, 2.75) is 39.9 Å². The fraction of sp³-hybridized carbons (Fsp3) is 0.545. The number of nitrogens with zero attached hydrogens (tertiary/aromatic N) is 3. The van der Waals surface area contributed by atoms with E-state index in [0.29, 0.717) is 0 Å². The molecule has 0 saturated heterocycles. The molecule has 19 heavy (non-hydrogen) atoms. The standard InChI is InChI=1S/C11H18N4O3S/c1-6(2)17-9-8(15(19)10(12)16)5-13-11(14-9)18-7(3)4/h5-7,19H,1-4H3,(H2,12,16). The molecule has 0 radical (unpaired) electrons. The summed E-state index contributed by atoms with van der Waals surface area (Å²) in [5, 5.41) is 0. The number of rotatable bonds is 5. The number of thiol groups is 1. The Bertz CT molecular complexity index is 454. The van der Waals surface area contributed by atoms with E-state index >= 15 is 0 Å². The first-order valence-corrected chi connectivity index (χ1v) is 6.20. The van der Waals surface area contributed by atoms with Crippen LogP contribution in [0, 0.1) is 0 Å². The van der Waals surface area contributed by atoms with Crippen molar-refractivity contribution in [3.8, 4) is 11.9 Å². The topological polar surface area (TPSA) is 90.6 Å². The molecule has 7 nitrogen and oxygen atoms in total. The van der Waals surface area contributed by atoms with Gasteiger partial charge in [0.25, 0.3) is 0 Å².